The van der Waals surface area contributed by atoms with Crippen molar-refractivity contribution in [1.29, 1.82) is 0 Å². The smallest absolute Gasteiger partial charge is 0.246 e. The standard InChI is InChI=1S/C15H24N4O/c1-15(16,10-3-4-10)14-17-13(18-20-14)9-7-11-5-6-12(8-9)19(11)2/h9-12H,3-8,16H2,1-2H3. The summed E-state index contributed by atoms with van der Waals surface area (Å²) in [5.74, 6) is 2.50. The van der Waals surface area contributed by atoms with Gasteiger partial charge in [0.25, 0.3) is 0 Å². The highest BCUT2D eigenvalue weighted by Gasteiger charge is 2.45. The van der Waals surface area contributed by atoms with E-state index in [-0.39, 0.29) is 0 Å². The summed E-state index contributed by atoms with van der Waals surface area (Å²) in [5.41, 5.74) is 5.94. The number of nitrogens with zero attached hydrogens (tertiary/aromatic N) is 3. The summed E-state index contributed by atoms with van der Waals surface area (Å²) in [6.45, 7) is 2.03. The molecule has 0 amide bonds. The highest BCUT2D eigenvalue weighted by atomic mass is 16.5. The second-order valence-electron chi connectivity index (χ2n) is 7.23. The summed E-state index contributed by atoms with van der Waals surface area (Å²) in [5, 5.41) is 4.25. The number of piperidine rings is 1. The van der Waals surface area contributed by atoms with Crippen molar-refractivity contribution < 1.29 is 4.52 Å². The molecule has 3 heterocycles. The zero-order valence-corrected chi connectivity index (χ0v) is 12.4. The second-order valence-corrected chi connectivity index (χ2v) is 7.23. The molecule has 0 radical (unpaired) electrons. The lowest BCUT2D eigenvalue weighted by molar-refractivity contribution is 0.157. The summed E-state index contributed by atoms with van der Waals surface area (Å²) in [4.78, 5) is 7.20. The minimum atomic E-state index is -0.435. The zero-order valence-electron chi connectivity index (χ0n) is 12.4. The van der Waals surface area contributed by atoms with Gasteiger partial charge in [-0.3, -0.25) is 0 Å². The Morgan fingerprint density at radius 2 is 1.85 bits per heavy atom. The molecule has 20 heavy (non-hydrogen) atoms. The molecule has 1 aromatic rings. The molecule has 1 aromatic heterocycles. The van der Waals surface area contributed by atoms with Gasteiger partial charge in [0.05, 0.1) is 5.54 Å². The van der Waals surface area contributed by atoms with E-state index in [1.54, 1.807) is 0 Å². The van der Waals surface area contributed by atoms with Crippen molar-refractivity contribution >= 4 is 0 Å². The van der Waals surface area contributed by atoms with Crippen LogP contribution in [0.5, 0.6) is 0 Å². The average Bonchev–Trinajstić information content (AvgIpc) is 3.14. The summed E-state index contributed by atoms with van der Waals surface area (Å²) in [6, 6.07) is 1.40. The van der Waals surface area contributed by atoms with E-state index in [1.807, 2.05) is 6.92 Å². The van der Waals surface area contributed by atoms with Crippen LogP contribution in [0.2, 0.25) is 0 Å². The predicted octanol–water partition coefficient (Wildman–Crippen LogP) is 1.99. The van der Waals surface area contributed by atoms with Crippen LogP contribution < -0.4 is 5.73 Å². The quantitative estimate of drug-likeness (QED) is 0.914. The Labute approximate surface area is 119 Å². The van der Waals surface area contributed by atoms with Crippen molar-refractivity contribution in [3.8, 4) is 0 Å². The fraction of sp³-hybridized carbons (Fsp3) is 0.867. The maximum Gasteiger partial charge on any atom is 0.246 e. The Morgan fingerprint density at radius 3 is 2.45 bits per heavy atom. The van der Waals surface area contributed by atoms with E-state index < -0.39 is 5.54 Å². The van der Waals surface area contributed by atoms with E-state index in [0.29, 0.717) is 29.8 Å². The first kappa shape index (κ1) is 12.8. The zero-order chi connectivity index (χ0) is 13.9. The molecule has 2 N–H and O–H groups in total. The summed E-state index contributed by atoms with van der Waals surface area (Å²) in [7, 11) is 2.25. The predicted molar refractivity (Wildman–Crippen MR) is 75.1 cm³/mol. The molecule has 4 rings (SSSR count). The molecule has 0 spiro atoms. The maximum absolute atomic E-state index is 6.37. The molecular formula is C15H24N4O. The first-order chi connectivity index (χ1) is 9.55. The summed E-state index contributed by atoms with van der Waals surface area (Å²) >= 11 is 0. The number of nitrogens with two attached hydrogens (primary N) is 1. The minimum Gasteiger partial charge on any atom is -0.337 e. The Hall–Kier alpha value is -0.940. The third kappa shape index (κ3) is 1.91. The number of hydrogen-bond acceptors (Lipinski definition) is 5. The molecule has 3 unspecified atom stereocenters. The minimum absolute atomic E-state index is 0.435. The first-order valence-electron chi connectivity index (χ1n) is 7.90. The molecule has 2 bridgehead atoms. The van der Waals surface area contributed by atoms with Crippen LogP contribution in [0, 0.1) is 5.92 Å². The van der Waals surface area contributed by atoms with Gasteiger partial charge in [-0.1, -0.05) is 5.16 Å². The van der Waals surface area contributed by atoms with Gasteiger partial charge in [0, 0.05) is 18.0 Å². The van der Waals surface area contributed by atoms with Gasteiger partial charge in [-0.15, -0.1) is 0 Å². The van der Waals surface area contributed by atoms with Crippen molar-refractivity contribution in [3.63, 3.8) is 0 Å². The third-order valence-corrected chi connectivity index (χ3v) is 5.79. The molecule has 110 valence electrons. The van der Waals surface area contributed by atoms with Crippen molar-refractivity contribution in [1.82, 2.24) is 15.0 Å². The van der Waals surface area contributed by atoms with Crippen molar-refractivity contribution in [3.05, 3.63) is 11.7 Å². The van der Waals surface area contributed by atoms with Gasteiger partial charge in [-0.25, -0.2) is 0 Å². The van der Waals surface area contributed by atoms with Gasteiger partial charge in [-0.2, -0.15) is 4.98 Å². The highest BCUT2D eigenvalue weighted by molar-refractivity contribution is 5.11. The molecule has 3 atom stereocenters. The lowest BCUT2D eigenvalue weighted by atomic mass is 9.90. The topological polar surface area (TPSA) is 68.2 Å². The van der Waals surface area contributed by atoms with Crippen LogP contribution in [0.1, 0.15) is 63.1 Å². The van der Waals surface area contributed by atoms with Crippen molar-refractivity contribution in [2.45, 2.75) is 69.0 Å². The Balaban J connectivity index is 1.54. The Kier molecular flexibility index (Phi) is 2.73. The number of aromatic nitrogens is 2. The molecule has 2 saturated heterocycles. The van der Waals surface area contributed by atoms with E-state index in [1.165, 1.54) is 25.7 Å². The van der Waals surface area contributed by atoms with E-state index in [4.69, 9.17) is 10.3 Å². The van der Waals surface area contributed by atoms with Gasteiger partial charge in [0.1, 0.15) is 0 Å². The van der Waals surface area contributed by atoms with Crippen LogP contribution in [-0.2, 0) is 5.54 Å². The summed E-state index contributed by atoms with van der Waals surface area (Å²) < 4.78 is 5.50. The van der Waals surface area contributed by atoms with Crippen LogP contribution in [0.15, 0.2) is 4.52 Å². The molecule has 5 heteroatoms. The fourth-order valence-corrected chi connectivity index (χ4v) is 4.10. The van der Waals surface area contributed by atoms with Crippen molar-refractivity contribution in [2.75, 3.05) is 7.05 Å². The van der Waals surface area contributed by atoms with Crippen LogP contribution in [0.4, 0.5) is 0 Å². The SMILES string of the molecule is CN1C2CCC1CC(c1noc(C(C)(N)C3CC3)n1)C2. The van der Waals surface area contributed by atoms with E-state index >= 15 is 0 Å². The molecule has 1 aliphatic carbocycles. The lowest BCUT2D eigenvalue weighted by Crippen LogP contribution is -2.39. The highest BCUT2D eigenvalue weighted by Crippen LogP contribution is 2.45. The van der Waals surface area contributed by atoms with Gasteiger partial charge >= 0.3 is 0 Å². The van der Waals surface area contributed by atoms with Crippen LogP contribution >= 0.6 is 0 Å². The van der Waals surface area contributed by atoms with Crippen LogP contribution in [0.3, 0.4) is 0 Å². The summed E-state index contributed by atoms with van der Waals surface area (Å²) in [6.07, 6.45) is 7.33. The fourth-order valence-electron chi connectivity index (χ4n) is 4.10. The monoisotopic (exact) mass is 276 g/mol. The largest absolute Gasteiger partial charge is 0.337 e. The van der Waals surface area contributed by atoms with E-state index in [0.717, 1.165) is 18.7 Å². The number of rotatable bonds is 3. The lowest BCUT2D eigenvalue weighted by Gasteiger charge is -2.34. The van der Waals surface area contributed by atoms with Gasteiger partial charge in [0.2, 0.25) is 5.89 Å². The van der Waals surface area contributed by atoms with E-state index in [2.05, 4.69) is 22.1 Å². The average molecular weight is 276 g/mol. The number of fused-ring (bicyclic) bond motifs is 2. The van der Waals surface area contributed by atoms with Gasteiger partial charge in [-0.05, 0) is 58.4 Å². The Bertz CT molecular complexity index is 494. The maximum atomic E-state index is 6.37. The molecular weight excluding hydrogens is 252 g/mol. The van der Waals surface area contributed by atoms with E-state index in [9.17, 15) is 0 Å². The normalized spacial score (nSPS) is 37.0. The Morgan fingerprint density at radius 1 is 1.20 bits per heavy atom. The van der Waals surface area contributed by atoms with Crippen molar-refractivity contribution in [2.24, 2.45) is 11.7 Å². The number of hydrogen-bond donors (Lipinski definition) is 1. The molecule has 2 aliphatic heterocycles. The first-order valence-corrected chi connectivity index (χ1v) is 7.90. The molecule has 3 aliphatic rings. The van der Waals surface area contributed by atoms with Gasteiger partial charge < -0.3 is 15.2 Å². The third-order valence-electron chi connectivity index (χ3n) is 5.79. The second kappa shape index (κ2) is 4.28. The van der Waals surface area contributed by atoms with Crippen LogP contribution in [-0.4, -0.2) is 34.2 Å². The molecule has 1 saturated carbocycles. The van der Waals surface area contributed by atoms with Gasteiger partial charge in [0.15, 0.2) is 5.82 Å². The molecule has 0 aromatic carbocycles. The van der Waals surface area contributed by atoms with Crippen LogP contribution in [0.25, 0.3) is 0 Å². The molecule has 3 fully saturated rings. The molecule has 5 nitrogen and oxygen atoms in total.